The van der Waals surface area contributed by atoms with Crippen molar-refractivity contribution in [2.45, 2.75) is 20.2 Å². The fraction of sp³-hybridized carbons (Fsp3) is 0.136. The van der Waals surface area contributed by atoms with E-state index in [1.807, 2.05) is 18.3 Å². The Labute approximate surface area is 189 Å². The Bertz CT molecular complexity index is 1200. The number of anilines is 1. The average Bonchev–Trinajstić information content (AvgIpc) is 3.39. The molecule has 2 heterocycles. The molecule has 158 valence electrons. The van der Waals surface area contributed by atoms with Crippen molar-refractivity contribution >= 4 is 34.9 Å². The predicted octanol–water partition coefficient (Wildman–Crippen LogP) is 5.03. The first-order valence-electron chi connectivity index (χ1n) is 9.49. The van der Waals surface area contributed by atoms with Crippen LogP contribution in [-0.2, 0) is 13.3 Å². The van der Waals surface area contributed by atoms with Gasteiger partial charge in [-0.05, 0) is 36.2 Å². The summed E-state index contributed by atoms with van der Waals surface area (Å²) < 4.78 is 8.88. The Balaban J connectivity index is 1.36. The number of amides is 1. The zero-order valence-corrected chi connectivity index (χ0v) is 18.1. The normalized spacial score (nSPS) is 10.8. The van der Waals surface area contributed by atoms with Gasteiger partial charge in [0.2, 0.25) is 0 Å². The molecule has 0 aliphatic rings. The molecular formula is C22H19Cl2N5O2. The molecule has 0 fully saturated rings. The molecule has 31 heavy (non-hydrogen) atoms. The Kier molecular flexibility index (Phi) is 6.25. The van der Waals surface area contributed by atoms with Crippen molar-refractivity contribution in [3.05, 3.63) is 93.9 Å². The lowest BCUT2D eigenvalue weighted by Gasteiger charge is -2.09. The average molecular weight is 456 g/mol. The van der Waals surface area contributed by atoms with Crippen molar-refractivity contribution in [2.24, 2.45) is 0 Å². The number of hydrogen-bond donors (Lipinski definition) is 1. The van der Waals surface area contributed by atoms with E-state index in [1.165, 1.54) is 15.8 Å². The molecule has 0 radical (unpaired) electrons. The van der Waals surface area contributed by atoms with Crippen molar-refractivity contribution in [3.63, 3.8) is 0 Å². The number of carbonyl (C=O) groups excluding carboxylic acids is 1. The lowest BCUT2D eigenvalue weighted by atomic mass is 10.1. The molecule has 7 nitrogen and oxygen atoms in total. The second-order valence-corrected chi connectivity index (χ2v) is 7.66. The van der Waals surface area contributed by atoms with E-state index in [9.17, 15) is 4.79 Å². The van der Waals surface area contributed by atoms with Crippen LogP contribution in [-0.4, -0.2) is 25.5 Å². The van der Waals surface area contributed by atoms with Gasteiger partial charge in [0.05, 0.1) is 16.6 Å². The predicted molar refractivity (Wildman–Crippen MR) is 120 cm³/mol. The monoisotopic (exact) mass is 455 g/mol. The highest BCUT2D eigenvalue weighted by atomic mass is 35.5. The van der Waals surface area contributed by atoms with Gasteiger partial charge in [-0.2, -0.15) is 10.2 Å². The maximum absolute atomic E-state index is 12.5. The van der Waals surface area contributed by atoms with Crippen molar-refractivity contribution in [1.29, 1.82) is 0 Å². The van der Waals surface area contributed by atoms with Gasteiger partial charge >= 0.3 is 0 Å². The third kappa shape index (κ3) is 5.07. The molecule has 0 unspecified atom stereocenters. The van der Waals surface area contributed by atoms with E-state index < -0.39 is 0 Å². The van der Waals surface area contributed by atoms with Gasteiger partial charge < -0.3 is 10.1 Å². The van der Waals surface area contributed by atoms with Crippen LogP contribution in [0.1, 0.15) is 21.6 Å². The highest BCUT2D eigenvalue weighted by Gasteiger charge is 2.13. The van der Waals surface area contributed by atoms with Crippen LogP contribution in [0.5, 0.6) is 5.75 Å². The summed E-state index contributed by atoms with van der Waals surface area (Å²) in [5.74, 6) is 0.453. The molecule has 0 atom stereocenters. The third-order valence-corrected chi connectivity index (χ3v) is 5.20. The van der Waals surface area contributed by atoms with Crippen LogP contribution in [0.3, 0.4) is 0 Å². The minimum absolute atomic E-state index is 0.0573. The summed E-state index contributed by atoms with van der Waals surface area (Å²) in [6.45, 7) is 2.74. The maximum Gasteiger partial charge on any atom is 0.277 e. The van der Waals surface area contributed by atoms with Crippen molar-refractivity contribution in [1.82, 2.24) is 19.6 Å². The van der Waals surface area contributed by atoms with Crippen LogP contribution in [0.2, 0.25) is 10.0 Å². The van der Waals surface area contributed by atoms with Crippen LogP contribution in [0.25, 0.3) is 0 Å². The van der Waals surface area contributed by atoms with E-state index in [0.29, 0.717) is 28.2 Å². The van der Waals surface area contributed by atoms with Gasteiger partial charge in [-0.3, -0.25) is 9.48 Å². The number of nitrogens with one attached hydrogen (secondary N) is 1. The number of nitrogens with zero attached hydrogens (tertiary/aromatic N) is 4. The lowest BCUT2D eigenvalue weighted by Crippen LogP contribution is -2.15. The Morgan fingerprint density at radius 2 is 1.71 bits per heavy atom. The fourth-order valence-corrected chi connectivity index (χ4v) is 3.47. The highest BCUT2D eigenvalue weighted by Crippen LogP contribution is 2.32. The number of aryl methyl sites for hydroxylation is 1. The first kappa shape index (κ1) is 21.0. The van der Waals surface area contributed by atoms with Gasteiger partial charge in [-0.25, -0.2) is 4.68 Å². The number of rotatable bonds is 7. The van der Waals surface area contributed by atoms with Crippen LogP contribution in [0, 0.1) is 6.92 Å². The summed E-state index contributed by atoms with van der Waals surface area (Å²) in [5.41, 5.74) is 2.59. The molecule has 0 saturated carbocycles. The SMILES string of the molecule is Cc1ccccc1Cn1ccc(NC(=O)c2ccn(COc3c(Cl)cccc3Cl)n2)n1. The molecule has 0 saturated heterocycles. The third-order valence-electron chi connectivity index (χ3n) is 4.61. The molecule has 0 aliphatic heterocycles. The summed E-state index contributed by atoms with van der Waals surface area (Å²) >= 11 is 12.2. The highest BCUT2D eigenvalue weighted by molar-refractivity contribution is 6.37. The Morgan fingerprint density at radius 1 is 0.968 bits per heavy atom. The first-order valence-corrected chi connectivity index (χ1v) is 10.2. The molecular weight excluding hydrogens is 437 g/mol. The molecule has 1 N–H and O–H groups in total. The van der Waals surface area contributed by atoms with E-state index >= 15 is 0 Å². The van der Waals surface area contributed by atoms with Gasteiger partial charge in [0.1, 0.15) is 0 Å². The number of para-hydroxylation sites is 1. The zero-order valence-electron chi connectivity index (χ0n) is 16.6. The largest absolute Gasteiger partial charge is 0.468 e. The van der Waals surface area contributed by atoms with Crippen LogP contribution >= 0.6 is 23.2 Å². The standard InChI is InChI=1S/C22H19Cl2N5O2/c1-15-5-2-3-6-16(15)13-28-12-10-20(27-28)25-22(30)19-9-11-29(26-19)14-31-21-17(23)7-4-8-18(21)24/h2-12H,13-14H2,1H3,(H,25,27,30). The summed E-state index contributed by atoms with van der Waals surface area (Å²) in [6, 6.07) is 16.5. The van der Waals surface area contributed by atoms with Crippen LogP contribution in [0.15, 0.2) is 67.0 Å². The fourth-order valence-electron chi connectivity index (χ4n) is 2.96. The molecule has 0 spiro atoms. The van der Waals surface area contributed by atoms with Crippen LogP contribution < -0.4 is 10.1 Å². The van der Waals surface area contributed by atoms with Crippen molar-refractivity contribution in [2.75, 3.05) is 5.32 Å². The Hall–Kier alpha value is -3.29. The Morgan fingerprint density at radius 3 is 2.48 bits per heavy atom. The van der Waals surface area contributed by atoms with Gasteiger partial charge in [0.15, 0.2) is 24.0 Å². The quantitative estimate of drug-likeness (QED) is 0.423. The molecule has 1 amide bonds. The summed E-state index contributed by atoms with van der Waals surface area (Å²) in [5, 5.41) is 12.2. The zero-order chi connectivity index (χ0) is 21.8. The molecule has 0 bridgehead atoms. The molecule has 9 heteroatoms. The first-order chi connectivity index (χ1) is 15.0. The number of ether oxygens (including phenoxy) is 1. The second-order valence-electron chi connectivity index (χ2n) is 6.84. The van der Waals surface area contributed by atoms with E-state index in [1.54, 1.807) is 41.2 Å². The molecule has 4 rings (SSSR count). The van der Waals surface area contributed by atoms with Gasteiger partial charge in [0, 0.05) is 18.5 Å². The molecule has 4 aromatic rings. The van der Waals surface area contributed by atoms with Crippen LogP contribution in [0.4, 0.5) is 5.82 Å². The molecule has 0 aliphatic carbocycles. The molecule has 2 aromatic carbocycles. The molecule has 2 aromatic heterocycles. The van der Waals surface area contributed by atoms with Gasteiger partial charge in [0.25, 0.3) is 5.91 Å². The maximum atomic E-state index is 12.5. The van der Waals surface area contributed by atoms with E-state index in [4.69, 9.17) is 27.9 Å². The summed E-state index contributed by atoms with van der Waals surface area (Å²) in [7, 11) is 0. The van der Waals surface area contributed by atoms with Crippen molar-refractivity contribution < 1.29 is 9.53 Å². The van der Waals surface area contributed by atoms with Gasteiger partial charge in [-0.1, -0.05) is 53.5 Å². The minimum atomic E-state index is -0.365. The summed E-state index contributed by atoms with van der Waals surface area (Å²) in [4.78, 5) is 12.5. The minimum Gasteiger partial charge on any atom is -0.468 e. The van der Waals surface area contributed by atoms with E-state index in [2.05, 4.69) is 34.6 Å². The number of benzene rings is 2. The van der Waals surface area contributed by atoms with E-state index in [-0.39, 0.29) is 18.3 Å². The second kappa shape index (κ2) is 9.24. The van der Waals surface area contributed by atoms with Gasteiger partial charge in [-0.15, -0.1) is 0 Å². The number of halogens is 2. The van der Waals surface area contributed by atoms with Crippen molar-refractivity contribution in [3.8, 4) is 5.75 Å². The number of carbonyl (C=O) groups is 1. The number of hydrogen-bond acceptors (Lipinski definition) is 4. The topological polar surface area (TPSA) is 74.0 Å². The smallest absolute Gasteiger partial charge is 0.277 e. The summed E-state index contributed by atoms with van der Waals surface area (Å²) in [6.07, 6.45) is 3.46. The number of aromatic nitrogens is 4. The lowest BCUT2D eigenvalue weighted by molar-refractivity contribution is 0.101. The van der Waals surface area contributed by atoms with E-state index in [0.717, 1.165) is 0 Å².